The van der Waals surface area contributed by atoms with E-state index in [0.29, 0.717) is 13.1 Å². The highest BCUT2D eigenvalue weighted by Gasteiger charge is 2.44. The molecule has 4 heterocycles. The van der Waals surface area contributed by atoms with Crippen LogP contribution in [0.15, 0.2) is 29.0 Å². The predicted molar refractivity (Wildman–Crippen MR) is 108 cm³/mol. The number of fused-ring (bicyclic) bond motifs is 1. The topological polar surface area (TPSA) is 93.0 Å². The second-order valence-electron chi connectivity index (χ2n) is 7.89. The number of nitrogens with zero attached hydrogens (tertiary/aromatic N) is 3. The minimum absolute atomic E-state index is 0.161. The van der Waals surface area contributed by atoms with Gasteiger partial charge in [-0.15, -0.1) is 0 Å². The van der Waals surface area contributed by atoms with Gasteiger partial charge in [-0.2, -0.15) is 0 Å². The van der Waals surface area contributed by atoms with Crippen molar-refractivity contribution < 1.29 is 22.4 Å². The first-order valence-electron chi connectivity index (χ1n) is 10.2. The monoisotopic (exact) mass is 421 g/mol. The molecule has 2 aromatic heterocycles. The highest BCUT2D eigenvalue weighted by Crippen LogP contribution is 2.35. The molecule has 1 unspecified atom stereocenters. The van der Waals surface area contributed by atoms with E-state index >= 15 is 0 Å². The average Bonchev–Trinajstić information content (AvgIpc) is 3.10. The standard InChI is InChI=1S/C20H27N3O5S/c1-3-14(2)28-20(24)22-11-16(12-22)29(25,26)23-9-6-15(7-10-23)17-13-27-18-5-4-8-21-19(17)18/h4-5,8,13-16H,3,6-7,9-12H2,1-2H3. The molecule has 0 aromatic carbocycles. The Kier molecular flexibility index (Phi) is 5.52. The molecular weight excluding hydrogens is 394 g/mol. The summed E-state index contributed by atoms with van der Waals surface area (Å²) in [4.78, 5) is 17.9. The molecule has 0 bridgehead atoms. The quantitative estimate of drug-likeness (QED) is 0.737. The summed E-state index contributed by atoms with van der Waals surface area (Å²) < 4.78 is 38.3. The Morgan fingerprint density at radius 1 is 1.34 bits per heavy atom. The number of carbonyl (C=O) groups excluding carboxylic acids is 1. The maximum atomic E-state index is 12.9. The summed E-state index contributed by atoms with van der Waals surface area (Å²) in [5.41, 5.74) is 2.68. The van der Waals surface area contributed by atoms with Crippen molar-refractivity contribution in [3.8, 4) is 0 Å². The third-order valence-corrected chi connectivity index (χ3v) is 8.24. The maximum absolute atomic E-state index is 12.9. The van der Waals surface area contributed by atoms with Gasteiger partial charge in [0.1, 0.15) is 16.9 Å². The predicted octanol–water partition coefficient (Wildman–Crippen LogP) is 2.96. The zero-order chi connectivity index (χ0) is 20.6. The Hall–Kier alpha value is -2.13. The number of aromatic nitrogens is 1. The van der Waals surface area contributed by atoms with Crippen LogP contribution in [0.25, 0.3) is 11.1 Å². The van der Waals surface area contributed by atoms with Gasteiger partial charge in [-0.05, 0) is 44.2 Å². The molecule has 4 rings (SSSR count). The van der Waals surface area contributed by atoms with E-state index in [2.05, 4.69) is 4.98 Å². The van der Waals surface area contributed by atoms with Crippen molar-refractivity contribution in [1.82, 2.24) is 14.2 Å². The minimum atomic E-state index is -3.42. The van der Waals surface area contributed by atoms with Crippen molar-refractivity contribution in [2.24, 2.45) is 0 Å². The van der Waals surface area contributed by atoms with Gasteiger partial charge in [0.15, 0.2) is 5.58 Å². The summed E-state index contributed by atoms with van der Waals surface area (Å²) in [6, 6.07) is 3.73. The molecule has 29 heavy (non-hydrogen) atoms. The van der Waals surface area contributed by atoms with E-state index in [-0.39, 0.29) is 25.1 Å². The number of likely N-dealkylation sites (tertiary alicyclic amines) is 1. The molecule has 2 saturated heterocycles. The summed E-state index contributed by atoms with van der Waals surface area (Å²) in [5.74, 6) is 0.237. The number of pyridine rings is 1. The van der Waals surface area contributed by atoms with Gasteiger partial charge >= 0.3 is 6.09 Å². The van der Waals surface area contributed by atoms with Crippen molar-refractivity contribution in [3.05, 3.63) is 30.2 Å². The molecule has 0 spiro atoms. The minimum Gasteiger partial charge on any atom is -0.462 e. The van der Waals surface area contributed by atoms with Crippen molar-refractivity contribution in [2.45, 2.75) is 50.4 Å². The molecule has 1 amide bonds. The molecular formula is C20H27N3O5S. The number of hydrogen-bond acceptors (Lipinski definition) is 6. The molecule has 9 heteroatoms. The van der Waals surface area contributed by atoms with Gasteiger partial charge in [-0.1, -0.05) is 6.92 Å². The van der Waals surface area contributed by atoms with Crippen LogP contribution in [0.3, 0.4) is 0 Å². The third kappa shape index (κ3) is 3.85. The van der Waals surface area contributed by atoms with Crippen molar-refractivity contribution in [1.29, 1.82) is 0 Å². The lowest BCUT2D eigenvalue weighted by atomic mass is 9.91. The second kappa shape index (κ2) is 7.95. The van der Waals surface area contributed by atoms with E-state index < -0.39 is 21.4 Å². The molecule has 0 aliphatic carbocycles. The Labute approximate surface area is 170 Å². The summed E-state index contributed by atoms with van der Waals surface area (Å²) in [7, 11) is -3.42. The number of furan rings is 1. The largest absolute Gasteiger partial charge is 0.462 e. The lowest BCUT2D eigenvalue weighted by Crippen LogP contribution is -2.60. The SMILES string of the molecule is CCC(C)OC(=O)N1CC(S(=O)(=O)N2CCC(c3coc4cccnc34)CC2)C1. The highest BCUT2D eigenvalue weighted by atomic mass is 32.2. The van der Waals surface area contributed by atoms with Crippen molar-refractivity contribution >= 4 is 27.2 Å². The number of sulfonamides is 1. The Morgan fingerprint density at radius 3 is 2.76 bits per heavy atom. The van der Waals surface area contributed by atoms with Crippen molar-refractivity contribution in [3.63, 3.8) is 0 Å². The van der Waals surface area contributed by atoms with Gasteiger partial charge in [0.05, 0.1) is 6.26 Å². The molecule has 2 aromatic rings. The van der Waals surface area contributed by atoms with E-state index in [0.717, 1.165) is 35.9 Å². The third-order valence-electron chi connectivity index (χ3n) is 6.02. The van der Waals surface area contributed by atoms with Crippen LogP contribution in [0, 0.1) is 0 Å². The molecule has 1 atom stereocenters. The van der Waals surface area contributed by atoms with Crippen LogP contribution < -0.4 is 0 Å². The molecule has 0 radical (unpaired) electrons. The Balaban J connectivity index is 1.33. The molecule has 2 aliphatic rings. The first kappa shape index (κ1) is 20.2. The lowest BCUT2D eigenvalue weighted by molar-refractivity contribution is 0.0521. The van der Waals surface area contributed by atoms with Crippen LogP contribution in [-0.2, 0) is 14.8 Å². The molecule has 8 nitrogen and oxygen atoms in total. The lowest BCUT2D eigenvalue weighted by Gasteiger charge is -2.41. The fraction of sp³-hybridized carbons (Fsp3) is 0.600. The van der Waals surface area contributed by atoms with Crippen LogP contribution >= 0.6 is 0 Å². The fourth-order valence-electron chi connectivity index (χ4n) is 3.91. The normalized spacial score (nSPS) is 20.6. The van der Waals surface area contributed by atoms with Gasteiger partial charge < -0.3 is 14.1 Å². The van der Waals surface area contributed by atoms with Crippen LogP contribution in [0.4, 0.5) is 4.79 Å². The molecule has 0 saturated carbocycles. The molecule has 0 N–H and O–H groups in total. The first-order valence-corrected chi connectivity index (χ1v) is 11.7. The van der Waals surface area contributed by atoms with Crippen LogP contribution in [0.1, 0.15) is 44.6 Å². The fourth-order valence-corrected chi connectivity index (χ4v) is 5.79. The summed E-state index contributed by atoms with van der Waals surface area (Å²) in [5, 5.41) is -0.542. The van der Waals surface area contributed by atoms with Gasteiger partial charge in [-0.3, -0.25) is 4.98 Å². The smallest absolute Gasteiger partial charge is 0.410 e. The van der Waals surface area contributed by atoms with Crippen LogP contribution in [0.2, 0.25) is 0 Å². The highest BCUT2D eigenvalue weighted by molar-refractivity contribution is 7.89. The second-order valence-corrected chi connectivity index (χ2v) is 10.1. The van der Waals surface area contributed by atoms with E-state index in [1.807, 2.05) is 26.0 Å². The van der Waals surface area contributed by atoms with Gasteiger partial charge in [0.25, 0.3) is 0 Å². The van der Waals surface area contributed by atoms with E-state index in [1.165, 1.54) is 4.90 Å². The first-order chi connectivity index (χ1) is 13.9. The van der Waals surface area contributed by atoms with E-state index in [1.54, 1.807) is 16.8 Å². The van der Waals surface area contributed by atoms with E-state index in [4.69, 9.17) is 9.15 Å². The van der Waals surface area contributed by atoms with Crippen LogP contribution in [-0.4, -0.2) is 66.2 Å². The molecule has 2 fully saturated rings. The summed E-state index contributed by atoms with van der Waals surface area (Å²) in [6.45, 7) is 5.12. The zero-order valence-corrected chi connectivity index (χ0v) is 17.6. The van der Waals surface area contributed by atoms with Gasteiger partial charge in [0.2, 0.25) is 10.0 Å². The summed E-state index contributed by atoms with van der Waals surface area (Å²) >= 11 is 0. The number of ether oxygens (including phenoxy) is 1. The number of rotatable bonds is 5. The Bertz CT molecular complexity index is 975. The van der Waals surface area contributed by atoms with E-state index in [9.17, 15) is 13.2 Å². The number of carbonyl (C=O) groups is 1. The van der Waals surface area contributed by atoms with Gasteiger partial charge in [-0.25, -0.2) is 17.5 Å². The van der Waals surface area contributed by atoms with Crippen LogP contribution in [0.5, 0.6) is 0 Å². The number of amides is 1. The maximum Gasteiger partial charge on any atom is 0.410 e. The zero-order valence-electron chi connectivity index (χ0n) is 16.8. The number of piperidine rings is 1. The summed E-state index contributed by atoms with van der Waals surface area (Å²) in [6.07, 6.45) is 5.11. The molecule has 2 aliphatic heterocycles. The van der Waals surface area contributed by atoms with Gasteiger partial charge in [0, 0.05) is 37.9 Å². The Morgan fingerprint density at radius 2 is 2.07 bits per heavy atom. The molecule has 158 valence electrons. The van der Waals surface area contributed by atoms with Crippen molar-refractivity contribution in [2.75, 3.05) is 26.2 Å². The average molecular weight is 422 g/mol. The number of hydrogen-bond donors (Lipinski definition) is 0.